The van der Waals surface area contributed by atoms with Crippen molar-refractivity contribution >= 4 is 6.21 Å². The predicted octanol–water partition coefficient (Wildman–Crippen LogP) is 2.06. The van der Waals surface area contributed by atoms with E-state index in [4.69, 9.17) is 4.74 Å². The molecule has 0 spiro atoms. The van der Waals surface area contributed by atoms with Crippen LogP contribution in [-0.2, 0) is 4.74 Å². The topological polar surface area (TPSA) is 21.6 Å². The number of nitrogens with zero attached hydrogens (tertiary/aromatic N) is 1. The Bertz CT molecular complexity index is 138. The highest BCUT2D eigenvalue weighted by Crippen LogP contribution is 1.88. The summed E-state index contributed by atoms with van der Waals surface area (Å²) in [6, 6.07) is 0.373. The Balaban J connectivity index is 3.59. The standard InChI is InChI=1S/C9H17NO/c1-8(2)10-7-5-6-9(3)11-4/h5-9H,1-4H3/b6-5+,10-7?. The molecule has 0 radical (unpaired) electrons. The first-order valence-corrected chi connectivity index (χ1v) is 3.89. The molecule has 0 bridgehead atoms. The molecule has 0 N–H and O–H groups in total. The minimum Gasteiger partial charge on any atom is -0.378 e. The number of rotatable bonds is 4. The van der Waals surface area contributed by atoms with E-state index in [0.29, 0.717) is 6.04 Å². The number of methoxy groups -OCH3 is 1. The van der Waals surface area contributed by atoms with Crippen LogP contribution in [0.4, 0.5) is 0 Å². The van der Waals surface area contributed by atoms with E-state index in [9.17, 15) is 0 Å². The maximum atomic E-state index is 5.01. The summed E-state index contributed by atoms with van der Waals surface area (Å²) in [5.41, 5.74) is 0. The number of allylic oxidation sites excluding steroid dienone is 1. The summed E-state index contributed by atoms with van der Waals surface area (Å²) in [4.78, 5) is 4.16. The second-order valence-electron chi connectivity index (χ2n) is 2.72. The maximum absolute atomic E-state index is 5.01. The van der Waals surface area contributed by atoms with Gasteiger partial charge in [-0.3, -0.25) is 4.99 Å². The van der Waals surface area contributed by atoms with Crippen LogP contribution in [0.2, 0.25) is 0 Å². The van der Waals surface area contributed by atoms with Crippen LogP contribution in [0.3, 0.4) is 0 Å². The van der Waals surface area contributed by atoms with Gasteiger partial charge in [-0.15, -0.1) is 0 Å². The molecule has 0 amide bonds. The Labute approximate surface area is 69.0 Å². The molecule has 0 aromatic heterocycles. The first kappa shape index (κ1) is 10.4. The van der Waals surface area contributed by atoms with Gasteiger partial charge in [0.2, 0.25) is 0 Å². The number of aliphatic imine (C=N–C) groups is 1. The average Bonchev–Trinajstić information content (AvgIpc) is 1.97. The van der Waals surface area contributed by atoms with E-state index in [1.54, 1.807) is 13.3 Å². The van der Waals surface area contributed by atoms with Gasteiger partial charge in [-0.25, -0.2) is 0 Å². The lowest BCUT2D eigenvalue weighted by atomic mass is 10.3. The van der Waals surface area contributed by atoms with Gasteiger partial charge in [-0.2, -0.15) is 0 Å². The van der Waals surface area contributed by atoms with E-state index in [1.807, 2.05) is 32.9 Å². The van der Waals surface area contributed by atoms with Crippen molar-refractivity contribution in [2.24, 2.45) is 4.99 Å². The molecule has 11 heavy (non-hydrogen) atoms. The lowest BCUT2D eigenvalue weighted by Crippen LogP contribution is -1.98. The Kier molecular flexibility index (Phi) is 5.75. The Morgan fingerprint density at radius 2 is 1.91 bits per heavy atom. The summed E-state index contributed by atoms with van der Waals surface area (Å²) in [7, 11) is 1.69. The molecule has 64 valence electrons. The second kappa shape index (κ2) is 6.10. The highest BCUT2D eigenvalue weighted by Gasteiger charge is 1.87. The van der Waals surface area contributed by atoms with Crippen LogP contribution in [0.25, 0.3) is 0 Å². The summed E-state index contributed by atoms with van der Waals surface area (Å²) in [6.07, 6.45) is 5.86. The van der Waals surface area contributed by atoms with Crippen LogP contribution in [0.1, 0.15) is 20.8 Å². The van der Waals surface area contributed by atoms with Crippen molar-refractivity contribution in [3.05, 3.63) is 12.2 Å². The predicted molar refractivity (Wildman–Crippen MR) is 49.2 cm³/mol. The highest BCUT2D eigenvalue weighted by atomic mass is 16.5. The molecule has 1 atom stereocenters. The summed E-state index contributed by atoms with van der Waals surface area (Å²) in [5, 5.41) is 0. The summed E-state index contributed by atoms with van der Waals surface area (Å²) in [5.74, 6) is 0. The van der Waals surface area contributed by atoms with E-state index < -0.39 is 0 Å². The van der Waals surface area contributed by atoms with Crippen molar-refractivity contribution in [1.29, 1.82) is 0 Å². The zero-order valence-electron chi connectivity index (χ0n) is 7.74. The molecule has 0 saturated carbocycles. The van der Waals surface area contributed by atoms with Gasteiger partial charge in [0.05, 0.1) is 6.10 Å². The number of hydrogen-bond acceptors (Lipinski definition) is 2. The lowest BCUT2D eigenvalue weighted by Gasteiger charge is -1.99. The smallest absolute Gasteiger partial charge is 0.0727 e. The van der Waals surface area contributed by atoms with Crippen LogP contribution in [0.5, 0.6) is 0 Å². The first-order chi connectivity index (χ1) is 5.16. The molecule has 0 aromatic carbocycles. The van der Waals surface area contributed by atoms with Crippen molar-refractivity contribution in [2.75, 3.05) is 7.11 Å². The Morgan fingerprint density at radius 3 is 2.36 bits per heavy atom. The molecule has 0 aromatic rings. The van der Waals surface area contributed by atoms with Gasteiger partial charge in [0.1, 0.15) is 0 Å². The zero-order valence-corrected chi connectivity index (χ0v) is 7.74. The third-order valence-corrected chi connectivity index (χ3v) is 1.22. The molecule has 1 unspecified atom stereocenters. The van der Waals surface area contributed by atoms with Gasteiger partial charge in [0, 0.05) is 19.4 Å². The SMILES string of the molecule is COC(C)/C=C/C=NC(C)C. The van der Waals surface area contributed by atoms with Gasteiger partial charge < -0.3 is 4.74 Å². The van der Waals surface area contributed by atoms with E-state index in [-0.39, 0.29) is 6.10 Å². The normalized spacial score (nSPS) is 15.4. The van der Waals surface area contributed by atoms with E-state index in [2.05, 4.69) is 4.99 Å². The van der Waals surface area contributed by atoms with Crippen LogP contribution in [0.15, 0.2) is 17.1 Å². The number of ether oxygens (including phenoxy) is 1. The largest absolute Gasteiger partial charge is 0.378 e. The molecule has 0 aliphatic heterocycles. The fourth-order valence-corrected chi connectivity index (χ4v) is 0.507. The lowest BCUT2D eigenvalue weighted by molar-refractivity contribution is 0.156. The van der Waals surface area contributed by atoms with Crippen molar-refractivity contribution in [3.8, 4) is 0 Å². The third kappa shape index (κ3) is 7.26. The fourth-order valence-electron chi connectivity index (χ4n) is 0.507. The molecule has 2 nitrogen and oxygen atoms in total. The minimum absolute atomic E-state index is 0.175. The fraction of sp³-hybridized carbons (Fsp3) is 0.667. The van der Waals surface area contributed by atoms with Crippen LogP contribution in [-0.4, -0.2) is 25.5 Å². The molecule has 0 aliphatic carbocycles. The Morgan fingerprint density at radius 1 is 1.27 bits per heavy atom. The summed E-state index contributed by atoms with van der Waals surface area (Å²) < 4.78 is 5.01. The monoisotopic (exact) mass is 155 g/mol. The second-order valence-corrected chi connectivity index (χ2v) is 2.72. The Hall–Kier alpha value is -0.630. The molecular formula is C9H17NO. The minimum atomic E-state index is 0.175. The van der Waals surface area contributed by atoms with Gasteiger partial charge in [-0.05, 0) is 26.8 Å². The molecule has 0 saturated heterocycles. The van der Waals surface area contributed by atoms with E-state index in [1.165, 1.54) is 0 Å². The van der Waals surface area contributed by atoms with E-state index in [0.717, 1.165) is 0 Å². The van der Waals surface area contributed by atoms with Crippen molar-refractivity contribution < 1.29 is 4.74 Å². The molecule has 2 heteroatoms. The maximum Gasteiger partial charge on any atom is 0.0727 e. The summed E-state index contributed by atoms with van der Waals surface area (Å²) in [6.45, 7) is 6.08. The average molecular weight is 155 g/mol. The first-order valence-electron chi connectivity index (χ1n) is 3.89. The van der Waals surface area contributed by atoms with Crippen LogP contribution in [0, 0.1) is 0 Å². The molecular weight excluding hydrogens is 138 g/mol. The van der Waals surface area contributed by atoms with E-state index >= 15 is 0 Å². The van der Waals surface area contributed by atoms with Crippen LogP contribution >= 0.6 is 0 Å². The molecule has 0 rings (SSSR count). The van der Waals surface area contributed by atoms with Gasteiger partial charge in [-0.1, -0.05) is 6.08 Å². The van der Waals surface area contributed by atoms with Gasteiger partial charge in [0.15, 0.2) is 0 Å². The summed E-state index contributed by atoms with van der Waals surface area (Å²) >= 11 is 0. The molecule has 0 heterocycles. The zero-order chi connectivity index (χ0) is 8.69. The van der Waals surface area contributed by atoms with Crippen molar-refractivity contribution in [2.45, 2.75) is 32.9 Å². The third-order valence-electron chi connectivity index (χ3n) is 1.22. The van der Waals surface area contributed by atoms with Crippen molar-refractivity contribution in [3.63, 3.8) is 0 Å². The number of hydrogen-bond donors (Lipinski definition) is 0. The van der Waals surface area contributed by atoms with Crippen LogP contribution < -0.4 is 0 Å². The highest BCUT2D eigenvalue weighted by molar-refractivity contribution is 5.71. The van der Waals surface area contributed by atoms with Crippen molar-refractivity contribution in [1.82, 2.24) is 0 Å². The van der Waals surface area contributed by atoms with Gasteiger partial charge in [0.25, 0.3) is 0 Å². The molecule has 0 fully saturated rings. The van der Waals surface area contributed by atoms with Gasteiger partial charge >= 0.3 is 0 Å². The molecule has 0 aliphatic rings. The quantitative estimate of drug-likeness (QED) is 0.569.